The quantitative estimate of drug-likeness (QED) is 0.709. The second kappa shape index (κ2) is 3.48. The molecule has 1 aromatic heterocycles. The molecule has 0 bridgehead atoms. The van der Waals surface area contributed by atoms with Gasteiger partial charge in [0.15, 0.2) is 0 Å². The molecule has 0 saturated heterocycles. The van der Waals surface area contributed by atoms with E-state index in [9.17, 15) is 8.78 Å². The zero-order chi connectivity index (χ0) is 8.27. The summed E-state index contributed by atoms with van der Waals surface area (Å²) in [6, 6.07) is 3.25. The number of hydrogen-bond donors (Lipinski definition) is 1. The van der Waals surface area contributed by atoms with Crippen molar-refractivity contribution in [3.05, 3.63) is 24.0 Å². The predicted octanol–water partition coefficient (Wildman–Crippen LogP) is 1.25. The van der Waals surface area contributed by atoms with E-state index in [-0.39, 0.29) is 13.2 Å². The summed E-state index contributed by atoms with van der Waals surface area (Å²) in [7, 11) is 0. The van der Waals surface area contributed by atoms with E-state index < -0.39 is 6.43 Å². The number of nitrogens with zero attached hydrogens (tertiary/aromatic N) is 1. The summed E-state index contributed by atoms with van der Waals surface area (Å²) in [6.07, 6.45) is -0.842. The van der Waals surface area contributed by atoms with Gasteiger partial charge in [-0.15, -0.1) is 0 Å². The van der Waals surface area contributed by atoms with Gasteiger partial charge >= 0.3 is 0 Å². The van der Waals surface area contributed by atoms with Crippen molar-refractivity contribution >= 4 is 0 Å². The van der Waals surface area contributed by atoms with Gasteiger partial charge in [0, 0.05) is 11.9 Å². The third-order valence-corrected chi connectivity index (χ3v) is 1.42. The number of hydrogen-bond acceptors (Lipinski definition) is 1. The molecule has 0 amide bonds. The number of alkyl halides is 2. The molecule has 62 valence electrons. The molecular weight excluding hydrogens is 152 g/mol. The first-order valence-corrected chi connectivity index (χ1v) is 3.27. The van der Waals surface area contributed by atoms with Crippen molar-refractivity contribution < 1.29 is 13.9 Å². The van der Waals surface area contributed by atoms with Crippen molar-refractivity contribution in [3.63, 3.8) is 0 Å². The van der Waals surface area contributed by atoms with Crippen LogP contribution in [-0.4, -0.2) is 16.1 Å². The van der Waals surface area contributed by atoms with Gasteiger partial charge in [0.25, 0.3) is 6.43 Å². The first-order chi connectivity index (χ1) is 5.24. The first kappa shape index (κ1) is 8.20. The Kier molecular flexibility index (Phi) is 2.59. The highest BCUT2D eigenvalue weighted by Crippen LogP contribution is 2.05. The van der Waals surface area contributed by atoms with Crippen LogP contribution in [0.25, 0.3) is 0 Å². The van der Waals surface area contributed by atoms with Crippen LogP contribution in [0.5, 0.6) is 0 Å². The van der Waals surface area contributed by atoms with Crippen LogP contribution in [0.3, 0.4) is 0 Å². The van der Waals surface area contributed by atoms with E-state index in [0.717, 1.165) is 0 Å². The fraction of sp³-hybridized carbons (Fsp3) is 0.429. The molecule has 1 rings (SSSR count). The van der Waals surface area contributed by atoms with E-state index in [2.05, 4.69) is 0 Å². The minimum atomic E-state index is -2.37. The highest BCUT2D eigenvalue weighted by atomic mass is 19.3. The summed E-state index contributed by atoms with van der Waals surface area (Å²) < 4.78 is 25.0. The minimum absolute atomic E-state index is 0.195. The van der Waals surface area contributed by atoms with Gasteiger partial charge in [-0.3, -0.25) is 0 Å². The predicted molar refractivity (Wildman–Crippen MR) is 36.4 cm³/mol. The second-order valence-electron chi connectivity index (χ2n) is 2.20. The van der Waals surface area contributed by atoms with Gasteiger partial charge in [-0.1, -0.05) is 0 Å². The van der Waals surface area contributed by atoms with E-state index in [1.807, 2.05) is 0 Å². The van der Waals surface area contributed by atoms with E-state index in [1.54, 1.807) is 12.1 Å². The van der Waals surface area contributed by atoms with Crippen molar-refractivity contribution in [1.82, 2.24) is 4.57 Å². The Morgan fingerprint density at radius 2 is 2.27 bits per heavy atom. The van der Waals surface area contributed by atoms with Crippen molar-refractivity contribution in [3.8, 4) is 0 Å². The lowest BCUT2D eigenvalue weighted by molar-refractivity contribution is 0.123. The van der Waals surface area contributed by atoms with Crippen molar-refractivity contribution in [2.75, 3.05) is 0 Å². The van der Waals surface area contributed by atoms with Crippen LogP contribution in [0.4, 0.5) is 8.78 Å². The minimum Gasteiger partial charge on any atom is -0.390 e. The normalized spacial score (nSPS) is 10.9. The van der Waals surface area contributed by atoms with E-state index in [4.69, 9.17) is 5.11 Å². The third-order valence-electron chi connectivity index (χ3n) is 1.42. The average Bonchev–Trinajstić information content (AvgIpc) is 2.34. The first-order valence-electron chi connectivity index (χ1n) is 3.27. The van der Waals surface area contributed by atoms with Crippen molar-refractivity contribution in [1.29, 1.82) is 0 Å². The zero-order valence-electron chi connectivity index (χ0n) is 5.87. The average molecular weight is 161 g/mol. The lowest BCUT2D eigenvalue weighted by Crippen LogP contribution is -2.08. The molecule has 0 aliphatic carbocycles. The van der Waals surface area contributed by atoms with E-state index in [1.165, 1.54) is 10.8 Å². The highest BCUT2D eigenvalue weighted by molar-refractivity contribution is 5.05. The van der Waals surface area contributed by atoms with Crippen molar-refractivity contribution in [2.45, 2.75) is 19.6 Å². The number of aliphatic hydroxyl groups is 1. The topological polar surface area (TPSA) is 25.2 Å². The van der Waals surface area contributed by atoms with Crippen LogP contribution in [0, 0.1) is 0 Å². The van der Waals surface area contributed by atoms with Gasteiger partial charge in [-0.25, -0.2) is 8.78 Å². The van der Waals surface area contributed by atoms with E-state index >= 15 is 0 Å². The van der Waals surface area contributed by atoms with Gasteiger partial charge in [0.1, 0.15) is 0 Å². The smallest absolute Gasteiger partial charge is 0.256 e. The second-order valence-corrected chi connectivity index (χ2v) is 2.20. The Balaban J connectivity index is 2.68. The number of rotatable bonds is 3. The van der Waals surface area contributed by atoms with Gasteiger partial charge in [-0.05, 0) is 12.1 Å². The Bertz CT molecular complexity index is 222. The fourth-order valence-electron chi connectivity index (χ4n) is 0.920. The summed E-state index contributed by atoms with van der Waals surface area (Å²) in [5.74, 6) is 0. The molecule has 0 radical (unpaired) electrons. The molecule has 1 aromatic rings. The van der Waals surface area contributed by atoms with E-state index in [0.29, 0.717) is 5.69 Å². The lowest BCUT2D eigenvalue weighted by atomic mass is 10.4. The summed E-state index contributed by atoms with van der Waals surface area (Å²) in [5, 5.41) is 8.65. The maximum atomic E-state index is 11.8. The summed E-state index contributed by atoms with van der Waals surface area (Å²) in [6.45, 7) is -0.539. The maximum Gasteiger partial charge on any atom is 0.256 e. The molecule has 0 atom stereocenters. The molecule has 4 heteroatoms. The molecule has 0 fully saturated rings. The molecule has 0 aromatic carbocycles. The van der Waals surface area contributed by atoms with Gasteiger partial charge in [0.2, 0.25) is 0 Å². The maximum absolute atomic E-state index is 11.8. The van der Waals surface area contributed by atoms with Crippen LogP contribution in [-0.2, 0) is 13.2 Å². The van der Waals surface area contributed by atoms with Crippen LogP contribution in [0.1, 0.15) is 5.69 Å². The molecule has 11 heavy (non-hydrogen) atoms. The molecule has 0 aliphatic rings. The molecule has 0 saturated carbocycles. The number of aromatic nitrogens is 1. The van der Waals surface area contributed by atoms with Gasteiger partial charge in [0.05, 0.1) is 13.2 Å². The third kappa shape index (κ3) is 2.01. The van der Waals surface area contributed by atoms with Gasteiger partial charge < -0.3 is 9.67 Å². The molecule has 2 nitrogen and oxygen atoms in total. The van der Waals surface area contributed by atoms with Crippen LogP contribution < -0.4 is 0 Å². The standard InChI is InChI=1S/C7H9F2NO/c8-7(9)4-10-3-1-2-6(10)5-11/h1-3,7,11H,4-5H2. The molecule has 0 spiro atoms. The molecule has 0 unspecified atom stereocenters. The molecule has 1 N–H and O–H groups in total. The Labute approximate surface area is 63.1 Å². The Hall–Kier alpha value is -0.900. The Morgan fingerprint density at radius 1 is 1.55 bits per heavy atom. The fourth-order valence-corrected chi connectivity index (χ4v) is 0.920. The number of aliphatic hydroxyl groups excluding tert-OH is 1. The largest absolute Gasteiger partial charge is 0.390 e. The van der Waals surface area contributed by atoms with Crippen LogP contribution in [0.2, 0.25) is 0 Å². The molecular formula is C7H9F2NO. The highest BCUT2D eigenvalue weighted by Gasteiger charge is 2.05. The lowest BCUT2D eigenvalue weighted by Gasteiger charge is -2.04. The Morgan fingerprint density at radius 3 is 2.82 bits per heavy atom. The zero-order valence-corrected chi connectivity index (χ0v) is 5.87. The number of halogens is 2. The van der Waals surface area contributed by atoms with Gasteiger partial charge in [-0.2, -0.15) is 0 Å². The van der Waals surface area contributed by atoms with Crippen molar-refractivity contribution in [2.24, 2.45) is 0 Å². The van der Waals surface area contributed by atoms with Crippen LogP contribution >= 0.6 is 0 Å². The summed E-state index contributed by atoms with van der Waals surface area (Å²) in [5.41, 5.74) is 0.519. The summed E-state index contributed by atoms with van der Waals surface area (Å²) in [4.78, 5) is 0. The SMILES string of the molecule is OCc1cccn1CC(F)F. The molecule has 1 heterocycles. The molecule has 0 aliphatic heterocycles. The van der Waals surface area contributed by atoms with Crippen LogP contribution in [0.15, 0.2) is 18.3 Å². The monoisotopic (exact) mass is 161 g/mol. The summed E-state index contributed by atoms with van der Waals surface area (Å²) >= 11 is 0.